The van der Waals surface area contributed by atoms with Gasteiger partial charge in [-0.1, -0.05) is 19.1 Å². The quantitative estimate of drug-likeness (QED) is 0.858. The summed E-state index contributed by atoms with van der Waals surface area (Å²) in [5, 5.41) is 0. The van der Waals surface area contributed by atoms with Crippen LogP contribution in [-0.4, -0.2) is 45.1 Å². The Morgan fingerprint density at radius 1 is 1.41 bits per heavy atom. The van der Waals surface area contributed by atoms with Crippen molar-refractivity contribution in [3.63, 3.8) is 0 Å². The van der Waals surface area contributed by atoms with Crippen LogP contribution in [-0.2, 0) is 10.0 Å². The highest BCUT2D eigenvalue weighted by Crippen LogP contribution is 2.30. The van der Waals surface area contributed by atoms with Gasteiger partial charge in [-0.25, -0.2) is 8.42 Å². The molecule has 8 heteroatoms. The highest BCUT2D eigenvalue weighted by Gasteiger charge is 2.35. The summed E-state index contributed by atoms with van der Waals surface area (Å²) in [6, 6.07) is 6.64. The van der Waals surface area contributed by atoms with E-state index in [0.717, 1.165) is 12.7 Å². The summed E-state index contributed by atoms with van der Waals surface area (Å²) in [5.74, 6) is -0.168. The number of nitrogens with two attached hydrogens (primary N) is 1. The topological polar surface area (TPSA) is 92.5 Å². The van der Waals surface area contributed by atoms with Gasteiger partial charge in [0.25, 0.3) is 5.91 Å². The first kappa shape index (κ1) is 18.7. The summed E-state index contributed by atoms with van der Waals surface area (Å²) < 4.78 is 25.2. The van der Waals surface area contributed by atoms with Crippen LogP contribution >= 0.6 is 12.4 Å². The molecule has 1 heterocycles. The van der Waals surface area contributed by atoms with Crippen LogP contribution in [0.2, 0.25) is 0 Å². The number of sulfonamides is 1. The zero-order valence-electron chi connectivity index (χ0n) is 12.7. The number of nitrogens with one attached hydrogen (secondary N) is 1. The van der Waals surface area contributed by atoms with E-state index in [1.54, 1.807) is 29.2 Å². The van der Waals surface area contributed by atoms with Gasteiger partial charge in [0.2, 0.25) is 10.0 Å². The number of para-hydroxylation sites is 1. The summed E-state index contributed by atoms with van der Waals surface area (Å²) in [7, 11) is -3.42. The second kappa shape index (κ2) is 6.85. The van der Waals surface area contributed by atoms with Crippen LogP contribution in [0.3, 0.4) is 0 Å². The van der Waals surface area contributed by atoms with Crippen molar-refractivity contribution < 1.29 is 13.2 Å². The Morgan fingerprint density at radius 3 is 2.59 bits per heavy atom. The average molecular weight is 348 g/mol. The SMILES string of the molecule is CC1(CN)CCN(C(=O)c2ccccc2NS(C)(=O)=O)C1.Cl. The molecule has 3 N–H and O–H groups in total. The van der Waals surface area contributed by atoms with Crippen molar-refractivity contribution >= 4 is 34.0 Å². The van der Waals surface area contributed by atoms with E-state index in [1.165, 1.54) is 0 Å². The van der Waals surface area contributed by atoms with Crippen LogP contribution in [0.25, 0.3) is 0 Å². The lowest BCUT2D eigenvalue weighted by atomic mass is 9.90. The predicted molar refractivity (Wildman–Crippen MR) is 89.8 cm³/mol. The Bertz CT molecular complexity index is 650. The predicted octanol–water partition coefficient (Wildman–Crippen LogP) is 1.29. The third-order valence-corrected chi connectivity index (χ3v) is 4.38. The summed E-state index contributed by atoms with van der Waals surface area (Å²) in [5.41, 5.74) is 6.37. The molecule has 0 aliphatic carbocycles. The molecule has 1 aromatic carbocycles. The van der Waals surface area contributed by atoms with E-state index in [1.807, 2.05) is 0 Å². The van der Waals surface area contributed by atoms with Crippen molar-refractivity contribution in [3.05, 3.63) is 29.8 Å². The van der Waals surface area contributed by atoms with Crippen LogP contribution < -0.4 is 10.5 Å². The minimum absolute atomic E-state index is 0. The summed E-state index contributed by atoms with van der Waals surface area (Å²) in [6.07, 6.45) is 1.92. The van der Waals surface area contributed by atoms with Crippen molar-refractivity contribution in [3.8, 4) is 0 Å². The van der Waals surface area contributed by atoms with Gasteiger partial charge in [0.05, 0.1) is 17.5 Å². The molecule has 0 radical (unpaired) electrons. The summed E-state index contributed by atoms with van der Waals surface area (Å²) in [4.78, 5) is 14.3. The van der Waals surface area contributed by atoms with Crippen LogP contribution in [0.4, 0.5) is 5.69 Å². The van der Waals surface area contributed by atoms with Gasteiger partial charge in [-0.3, -0.25) is 9.52 Å². The standard InChI is InChI=1S/C14H21N3O3S.ClH/c1-14(9-15)7-8-17(10-14)13(18)11-5-3-4-6-12(11)16-21(2,19)20;/h3-6,16H,7-10,15H2,1-2H3;1H. The van der Waals surface area contributed by atoms with Crippen LogP contribution in [0.1, 0.15) is 23.7 Å². The maximum Gasteiger partial charge on any atom is 0.256 e. The molecular weight excluding hydrogens is 326 g/mol. The number of likely N-dealkylation sites (tertiary alicyclic amines) is 1. The van der Waals surface area contributed by atoms with Crippen molar-refractivity contribution in [1.29, 1.82) is 0 Å². The number of amides is 1. The Labute approximate surface area is 137 Å². The van der Waals surface area contributed by atoms with Crippen molar-refractivity contribution in [2.24, 2.45) is 11.1 Å². The second-order valence-electron chi connectivity index (χ2n) is 5.91. The molecule has 1 aromatic rings. The van der Waals surface area contributed by atoms with E-state index < -0.39 is 10.0 Å². The van der Waals surface area contributed by atoms with E-state index in [0.29, 0.717) is 30.9 Å². The molecule has 0 spiro atoms. The Kier molecular flexibility index (Phi) is 5.83. The van der Waals surface area contributed by atoms with Crippen LogP contribution in [0.15, 0.2) is 24.3 Å². The number of hydrogen-bond donors (Lipinski definition) is 2. The molecule has 1 fully saturated rings. The number of hydrogen-bond acceptors (Lipinski definition) is 4. The molecule has 1 saturated heterocycles. The van der Waals surface area contributed by atoms with E-state index in [4.69, 9.17) is 5.73 Å². The molecule has 22 heavy (non-hydrogen) atoms. The Balaban J connectivity index is 0.00000242. The third kappa shape index (κ3) is 4.34. The van der Waals surface area contributed by atoms with Crippen molar-refractivity contribution in [2.45, 2.75) is 13.3 Å². The molecule has 1 atom stereocenters. The minimum atomic E-state index is -3.42. The molecular formula is C14H22ClN3O3S. The molecule has 1 aliphatic heterocycles. The van der Waals surface area contributed by atoms with Gasteiger partial charge in [0.1, 0.15) is 0 Å². The molecule has 1 aliphatic rings. The highest BCUT2D eigenvalue weighted by molar-refractivity contribution is 7.92. The minimum Gasteiger partial charge on any atom is -0.338 e. The maximum atomic E-state index is 12.6. The zero-order chi connectivity index (χ0) is 15.7. The number of nitrogens with zero attached hydrogens (tertiary/aromatic N) is 1. The molecule has 1 amide bonds. The Hall–Kier alpha value is -1.31. The number of anilines is 1. The fraction of sp³-hybridized carbons (Fsp3) is 0.500. The molecule has 0 bridgehead atoms. The smallest absolute Gasteiger partial charge is 0.256 e. The molecule has 0 saturated carbocycles. The van der Waals surface area contributed by atoms with Gasteiger partial charge in [-0.2, -0.15) is 0 Å². The van der Waals surface area contributed by atoms with Gasteiger partial charge in [0, 0.05) is 13.1 Å². The number of halogens is 1. The zero-order valence-corrected chi connectivity index (χ0v) is 14.3. The second-order valence-corrected chi connectivity index (χ2v) is 7.66. The number of rotatable bonds is 4. The third-order valence-electron chi connectivity index (χ3n) is 3.79. The molecule has 0 aromatic heterocycles. The first-order chi connectivity index (χ1) is 9.74. The van der Waals surface area contributed by atoms with E-state index in [9.17, 15) is 13.2 Å². The highest BCUT2D eigenvalue weighted by atomic mass is 35.5. The number of carbonyl (C=O) groups excluding carboxylic acids is 1. The average Bonchev–Trinajstić information content (AvgIpc) is 2.80. The van der Waals surface area contributed by atoms with Gasteiger partial charge in [0.15, 0.2) is 0 Å². The lowest BCUT2D eigenvalue weighted by Crippen LogP contribution is -2.34. The lowest BCUT2D eigenvalue weighted by Gasteiger charge is -2.23. The first-order valence-electron chi connectivity index (χ1n) is 6.80. The monoisotopic (exact) mass is 347 g/mol. The largest absolute Gasteiger partial charge is 0.338 e. The lowest BCUT2D eigenvalue weighted by molar-refractivity contribution is 0.0778. The van der Waals surface area contributed by atoms with Gasteiger partial charge >= 0.3 is 0 Å². The van der Waals surface area contributed by atoms with Crippen molar-refractivity contribution in [2.75, 3.05) is 30.6 Å². The summed E-state index contributed by atoms with van der Waals surface area (Å²) in [6.45, 7) is 3.82. The number of carbonyl (C=O) groups is 1. The van der Waals surface area contributed by atoms with E-state index in [2.05, 4.69) is 11.6 Å². The van der Waals surface area contributed by atoms with E-state index in [-0.39, 0.29) is 23.7 Å². The molecule has 1 unspecified atom stereocenters. The normalized spacial score (nSPS) is 21.3. The first-order valence-corrected chi connectivity index (χ1v) is 8.69. The Morgan fingerprint density at radius 2 is 2.05 bits per heavy atom. The van der Waals surface area contributed by atoms with Gasteiger partial charge < -0.3 is 10.6 Å². The molecule has 6 nitrogen and oxygen atoms in total. The van der Waals surface area contributed by atoms with Gasteiger partial charge in [-0.15, -0.1) is 12.4 Å². The fourth-order valence-electron chi connectivity index (χ4n) is 2.49. The van der Waals surface area contributed by atoms with Crippen molar-refractivity contribution in [1.82, 2.24) is 4.90 Å². The fourth-order valence-corrected chi connectivity index (χ4v) is 3.07. The van der Waals surface area contributed by atoms with Crippen LogP contribution in [0, 0.1) is 5.41 Å². The van der Waals surface area contributed by atoms with Gasteiger partial charge in [-0.05, 0) is 30.5 Å². The molecule has 2 rings (SSSR count). The van der Waals surface area contributed by atoms with Crippen LogP contribution in [0.5, 0.6) is 0 Å². The number of benzene rings is 1. The van der Waals surface area contributed by atoms with E-state index >= 15 is 0 Å². The maximum absolute atomic E-state index is 12.6. The molecule has 124 valence electrons. The summed E-state index contributed by atoms with van der Waals surface area (Å²) >= 11 is 0.